The Morgan fingerprint density at radius 3 is 2.62 bits per heavy atom. The fourth-order valence-corrected chi connectivity index (χ4v) is 1.89. The fourth-order valence-electron chi connectivity index (χ4n) is 1.89. The molecule has 0 radical (unpaired) electrons. The predicted molar refractivity (Wildman–Crippen MR) is 85.0 cm³/mol. The van der Waals surface area contributed by atoms with Crippen LogP contribution in [0.15, 0.2) is 48.5 Å². The van der Waals surface area contributed by atoms with E-state index in [-0.39, 0.29) is 16.9 Å². The Morgan fingerprint density at radius 1 is 1.17 bits per heavy atom. The number of nitrogens with one attached hydrogen (secondary N) is 1. The zero-order valence-electron chi connectivity index (χ0n) is 12.7. The van der Waals surface area contributed by atoms with Crippen LogP contribution in [-0.4, -0.2) is 30.5 Å². The Bertz CT molecular complexity index is 775. The normalized spacial score (nSPS) is 9.88. The molecular formula is C16H14N2O6. The van der Waals surface area contributed by atoms with E-state index in [9.17, 15) is 19.7 Å². The van der Waals surface area contributed by atoms with Crippen molar-refractivity contribution in [3.8, 4) is 5.75 Å². The second kappa shape index (κ2) is 7.73. The molecule has 0 bridgehead atoms. The highest BCUT2D eigenvalue weighted by atomic mass is 16.6. The third-order valence-electron chi connectivity index (χ3n) is 3.01. The molecule has 0 heterocycles. The lowest BCUT2D eigenvalue weighted by Gasteiger charge is -2.07. The van der Waals surface area contributed by atoms with E-state index in [1.165, 1.54) is 37.4 Å². The molecule has 0 aliphatic heterocycles. The lowest BCUT2D eigenvalue weighted by molar-refractivity contribution is -0.383. The summed E-state index contributed by atoms with van der Waals surface area (Å²) in [7, 11) is 1.46. The Morgan fingerprint density at radius 2 is 1.92 bits per heavy atom. The molecule has 0 unspecified atom stereocenters. The van der Waals surface area contributed by atoms with Crippen LogP contribution in [0.2, 0.25) is 0 Å². The van der Waals surface area contributed by atoms with Crippen LogP contribution >= 0.6 is 0 Å². The van der Waals surface area contributed by atoms with E-state index in [2.05, 4.69) is 5.32 Å². The minimum absolute atomic E-state index is 0.0323. The number of esters is 1. The van der Waals surface area contributed by atoms with Gasteiger partial charge in [0, 0.05) is 6.07 Å². The highest BCUT2D eigenvalue weighted by Crippen LogP contribution is 2.23. The van der Waals surface area contributed by atoms with Gasteiger partial charge in [-0.2, -0.15) is 0 Å². The number of nitro benzene ring substituents is 1. The molecule has 0 aliphatic rings. The van der Waals surface area contributed by atoms with Gasteiger partial charge < -0.3 is 14.8 Å². The SMILES string of the molecule is COc1cccc(C(=O)OCC(=O)Nc2ccccc2[N+](=O)[O-])c1. The van der Waals surface area contributed by atoms with Crippen molar-refractivity contribution in [2.45, 2.75) is 0 Å². The molecule has 1 N–H and O–H groups in total. The van der Waals surface area contributed by atoms with E-state index in [4.69, 9.17) is 9.47 Å². The maximum absolute atomic E-state index is 11.9. The number of amides is 1. The molecule has 0 saturated carbocycles. The third-order valence-corrected chi connectivity index (χ3v) is 3.01. The number of nitrogens with zero attached hydrogens (tertiary/aromatic N) is 1. The molecule has 2 aromatic rings. The Hall–Kier alpha value is -3.42. The Balaban J connectivity index is 1.96. The summed E-state index contributed by atoms with van der Waals surface area (Å²) >= 11 is 0. The molecule has 0 saturated heterocycles. The summed E-state index contributed by atoms with van der Waals surface area (Å²) in [6, 6.07) is 12.0. The van der Waals surface area contributed by atoms with Gasteiger partial charge in [-0.15, -0.1) is 0 Å². The summed E-state index contributed by atoms with van der Waals surface area (Å²) in [6.45, 7) is -0.567. The van der Waals surface area contributed by atoms with Gasteiger partial charge in [0.25, 0.3) is 11.6 Å². The zero-order valence-corrected chi connectivity index (χ0v) is 12.7. The van der Waals surface area contributed by atoms with Crippen molar-refractivity contribution in [3.05, 3.63) is 64.2 Å². The highest BCUT2D eigenvalue weighted by molar-refractivity contribution is 5.96. The average molecular weight is 330 g/mol. The lowest BCUT2D eigenvalue weighted by atomic mass is 10.2. The van der Waals surface area contributed by atoms with E-state index >= 15 is 0 Å². The van der Waals surface area contributed by atoms with Crippen LogP contribution in [0.5, 0.6) is 5.75 Å². The second-order valence-corrected chi connectivity index (χ2v) is 4.63. The number of ether oxygens (including phenoxy) is 2. The lowest BCUT2D eigenvalue weighted by Crippen LogP contribution is -2.21. The number of benzene rings is 2. The van der Waals surface area contributed by atoms with E-state index in [1.54, 1.807) is 18.2 Å². The Labute approximate surface area is 137 Å². The molecular weight excluding hydrogens is 316 g/mol. The van der Waals surface area contributed by atoms with E-state index in [0.29, 0.717) is 5.75 Å². The molecule has 0 spiro atoms. The van der Waals surface area contributed by atoms with E-state index in [1.807, 2.05) is 0 Å². The minimum Gasteiger partial charge on any atom is -0.497 e. The van der Waals surface area contributed by atoms with Crippen LogP contribution in [0.3, 0.4) is 0 Å². The number of hydrogen-bond donors (Lipinski definition) is 1. The van der Waals surface area contributed by atoms with Crippen molar-refractivity contribution in [1.29, 1.82) is 0 Å². The summed E-state index contributed by atoms with van der Waals surface area (Å²) in [6.07, 6.45) is 0. The van der Waals surface area contributed by atoms with E-state index < -0.39 is 23.4 Å². The highest BCUT2D eigenvalue weighted by Gasteiger charge is 2.16. The van der Waals surface area contributed by atoms with Crippen LogP contribution in [0.4, 0.5) is 11.4 Å². The predicted octanol–water partition coefficient (Wildman–Crippen LogP) is 2.40. The quantitative estimate of drug-likeness (QED) is 0.495. The van der Waals surface area contributed by atoms with E-state index in [0.717, 1.165) is 0 Å². The summed E-state index contributed by atoms with van der Waals surface area (Å²) in [5, 5.41) is 13.2. The van der Waals surface area contributed by atoms with Gasteiger partial charge in [-0.3, -0.25) is 14.9 Å². The molecule has 0 aliphatic carbocycles. The fraction of sp³-hybridized carbons (Fsp3) is 0.125. The monoisotopic (exact) mass is 330 g/mol. The summed E-state index contributed by atoms with van der Waals surface area (Å²) in [5.74, 6) is -0.902. The van der Waals surface area contributed by atoms with Crippen molar-refractivity contribution in [2.24, 2.45) is 0 Å². The maximum Gasteiger partial charge on any atom is 0.338 e. The first kappa shape index (κ1) is 16.9. The van der Waals surface area contributed by atoms with Gasteiger partial charge in [-0.05, 0) is 24.3 Å². The topological polar surface area (TPSA) is 108 Å². The van der Waals surface area contributed by atoms with Gasteiger partial charge in [-0.25, -0.2) is 4.79 Å². The number of carbonyl (C=O) groups excluding carboxylic acids is 2. The largest absolute Gasteiger partial charge is 0.497 e. The van der Waals surface area contributed by atoms with Crippen molar-refractivity contribution in [1.82, 2.24) is 0 Å². The number of anilines is 1. The molecule has 1 amide bonds. The molecule has 2 aromatic carbocycles. The van der Waals surface area contributed by atoms with Crippen molar-refractivity contribution in [3.63, 3.8) is 0 Å². The molecule has 0 aromatic heterocycles. The molecule has 124 valence electrons. The summed E-state index contributed by atoms with van der Waals surface area (Å²) in [4.78, 5) is 33.9. The van der Waals surface area contributed by atoms with Gasteiger partial charge in [0.15, 0.2) is 6.61 Å². The number of hydrogen-bond acceptors (Lipinski definition) is 6. The maximum atomic E-state index is 11.9. The van der Waals surface area contributed by atoms with Gasteiger partial charge in [0.1, 0.15) is 11.4 Å². The number of methoxy groups -OCH3 is 1. The van der Waals surface area contributed by atoms with Gasteiger partial charge in [-0.1, -0.05) is 18.2 Å². The average Bonchev–Trinajstić information content (AvgIpc) is 2.60. The number of nitro groups is 1. The third kappa shape index (κ3) is 4.29. The first-order valence-electron chi connectivity index (χ1n) is 6.85. The first-order chi connectivity index (χ1) is 11.5. The first-order valence-corrected chi connectivity index (χ1v) is 6.85. The van der Waals surface area contributed by atoms with Crippen LogP contribution in [0.25, 0.3) is 0 Å². The standard InChI is InChI=1S/C16H14N2O6/c1-23-12-6-4-5-11(9-12)16(20)24-10-15(19)17-13-7-2-3-8-14(13)18(21)22/h2-9H,10H2,1H3,(H,17,19). The van der Waals surface area contributed by atoms with Crippen molar-refractivity contribution in [2.75, 3.05) is 19.0 Å². The molecule has 24 heavy (non-hydrogen) atoms. The second-order valence-electron chi connectivity index (χ2n) is 4.63. The molecule has 8 heteroatoms. The van der Waals surface area contributed by atoms with Crippen molar-refractivity contribution < 1.29 is 24.0 Å². The van der Waals surface area contributed by atoms with Crippen LogP contribution < -0.4 is 10.1 Å². The van der Waals surface area contributed by atoms with Crippen LogP contribution in [0, 0.1) is 10.1 Å². The van der Waals surface area contributed by atoms with Gasteiger partial charge in [0.05, 0.1) is 17.6 Å². The zero-order chi connectivity index (χ0) is 17.5. The summed E-state index contributed by atoms with van der Waals surface area (Å²) < 4.78 is 9.88. The smallest absolute Gasteiger partial charge is 0.338 e. The van der Waals surface area contributed by atoms with Crippen LogP contribution in [-0.2, 0) is 9.53 Å². The number of rotatable bonds is 6. The number of para-hydroxylation sites is 2. The molecule has 0 atom stereocenters. The summed E-state index contributed by atoms with van der Waals surface area (Å²) in [5.41, 5.74) is 0.0164. The number of carbonyl (C=O) groups is 2. The van der Waals surface area contributed by atoms with Crippen molar-refractivity contribution >= 4 is 23.3 Å². The Kier molecular flexibility index (Phi) is 5.45. The van der Waals surface area contributed by atoms with Gasteiger partial charge >= 0.3 is 5.97 Å². The molecule has 2 rings (SSSR count). The van der Waals surface area contributed by atoms with Gasteiger partial charge in [0.2, 0.25) is 0 Å². The minimum atomic E-state index is -0.702. The van der Waals surface area contributed by atoms with Crippen LogP contribution in [0.1, 0.15) is 10.4 Å². The molecule has 8 nitrogen and oxygen atoms in total. The molecule has 0 fully saturated rings.